The number of likely N-dealkylation sites (N-methyl/N-ethyl adjacent to an activating group) is 1. The first-order chi connectivity index (χ1) is 19.6. The van der Waals surface area contributed by atoms with Crippen LogP contribution >= 0.6 is 0 Å². The molecule has 198 valence electrons. The second kappa shape index (κ2) is 9.90. The van der Waals surface area contributed by atoms with Crippen LogP contribution in [-0.4, -0.2) is 79.2 Å². The van der Waals surface area contributed by atoms with E-state index in [-0.39, 0.29) is 6.03 Å². The zero-order valence-electron chi connectivity index (χ0n) is 21.9. The second-order valence-corrected chi connectivity index (χ2v) is 10.0. The summed E-state index contributed by atoms with van der Waals surface area (Å²) in [6.07, 6.45) is 5.20. The molecule has 0 unspecified atom stereocenters. The molecule has 1 aliphatic heterocycles. The molecule has 6 aromatic rings. The lowest BCUT2D eigenvalue weighted by Gasteiger charge is -2.32. The van der Waals surface area contributed by atoms with E-state index in [1.807, 2.05) is 47.4 Å². The van der Waals surface area contributed by atoms with Gasteiger partial charge in [-0.2, -0.15) is 5.10 Å². The van der Waals surface area contributed by atoms with E-state index in [4.69, 9.17) is 4.98 Å². The molecule has 2 amide bonds. The van der Waals surface area contributed by atoms with Gasteiger partial charge in [-0.3, -0.25) is 10.1 Å². The van der Waals surface area contributed by atoms with Crippen molar-refractivity contribution in [2.45, 2.75) is 0 Å². The molecule has 1 aliphatic rings. The summed E-state index contributed by atoms with van der Waals surface area (Å²) >= 11 is 0. The van der Waals surface area contributed by atoms with Crippen molar-refractivity contribution in [3.05, 3.63) is 79.3 Å². The number of amides is 2. The number of hydrogen-bond donors (Lipinski definition) is 3. The Balaban J connectivity index is 1.20. The minimum atomic E-state index is -0.113. The summed E-state index contributed by atoms with van der Waals surface area (Å²) in [5.74, 6) is 0.662. The van der Waals surface area contributed by atoms with Gasteiger partial charge in [-0.25, -0.2) is 14.8 Å². The fraction of sp³-hybridized carbons (Fsp3) is 0.167. The molecule has 40 heavy (non-hydrogen) atoms. The number of fused-ring (bicyclic) bond motifs is 2. The van der Waals surface area contributed by atoms with Gasteiger partial charge in [0.15, 0.2) is 11.5 Å². The number of benzene rings is 2. The third kappa shape index (κ3) is 4.44. The van der Waals surface area contributed by atoms with E-state index in [1.165, 1.54) is 0 Å². The summed E-state index contributed by atoms with van der Waals surface area (Å²) in [5.41, 5.74) is 7.67. The van der Waals surface area contributed by atoms with Gasteiger partial charge in [0.05, 0.1) is 28.3 Å². The van der Waals surface area contributed by atoms with Gasteiger partial charge in [0.1, 0.15) is 5.69 Å². The fourth-order valence-corrected chi connectivity index (χ4v) is 5.12. The van der Waals surface area contributed by atoms with Crippen molar-refractivity contribution in [2.75, 3.05) is 38.5 Å². The van der Waals surface area contributed by atoms with Gasteiger partial charge in [-0.05, 0) is 30.8 Å². The smallest absolute Gasteiger partial charge is 0.321 e. The van der Waals surface area contributed by atoms with Gasteiger partial charge in [-0.15, -0.1) is 0 Å². The average molecular weight is 530 g/mol. The van der Waals surface area contributed by atoms with Crippen LogP contribution < -0.4 is 5.32 Å². The van der Waals surface area contributed by atoms with Crippen molar-refractivity contribution >= 4 is 33.8 Å². The van der Waals surface area contributed by atoms with Crippen molar-refractivity contribution < 1.29 is 4.79 Å². The highest BCUT2D eigenvalue weighted by Crippen LogP contribution is 2.32. The molecule has 4 aromatic heterocycles. The molecule has 0 bridgehead atoms. The van der Waals surface area contributed by atoms with Crippen LogP contribution in [-0.2, 0) is 0 Å². The van der Waals surface area contributed by atoms with Crippen LogP contribution in [0.2, 0.25) is 0 Å². The minimum absolute atomic E-state index is 0.113. The number of nitrogens with zero attached hydrogens (tertiary/aromatic N) is 6. The maximum atomic E-state index is 12.8. The largest absolute Gasteiger partial charge is 0.337 e. The number of carbonyl (C=O) groups excluding carboxylic acids is 1. The fourth-order valence-electron chi connectivity index (χ4n) is 5.12. The molecule has 0 atom stereocenters. The van der Waals surface area contributed by atoms with E-state index in [9.17, 15) is 4.79 Å². The van der Waals surface area contributed by atoms with E-state index in [0.717, 1.165) is 51.8 Å². The molecule has 1 saturated heterocycles. The van der Waals surface area contributed by atoms with Crippen LogP contribution in [0.5, 0.6) is 0 Å². The Kier molecular flexibility index (Phi) is 5.94. The van der Waals surface area contributed by atoms with Crippen LogP contribution in [0.4, 0.5) is 10.5 Å². The highest BCUT2D eigenvalue weighted by atomic mass is 16.2. The Hall–Kier alpha value is -5.09. The topological polar surface area (TPSA) is 119 Å². The second-order valence-electron chi connectivity index (χ2n) is 10.0. The van der Waals surface area contributed by atoms with E-state index >= 15 is 0 Å². The Bertz CT molecular complexity index is 1830. The lowest BCUT2D eigenvalue weighted by molar-refractivity contribution is 0.164. The van der Waals surface area contributed by atoms with Crippen LogP contribution in [0.1, 0.15) is 0 Å². The van der Waals surface area contributed by atoms with E-state index in [1.54, 1.807) is 18.6 Å². The number of hydrogen-bond acceptors (Lipinski definition) is 6. The maximum absolute atomic E-state index is 12.8. The molecule has 10 heteroatoms. The Labute approximate surface area is 230 Å². The Morgan fingerprint density at radius 2 is 1.73 bits per heavy atom. The average Bonchev–Trinajstić information content (AvgIpc) is 3.62. The van der Waals surface area contributed by atoms with Gasteiger partial charge in [0.2, 0.25) is 0 Å². The number of piperazine rings is 1. The predicted molar refractivity (Wildman–Crippen MR) is 156 cm³/mol. The number of aromatic nitrogens is 6. The lowest BCUT2D eigenvalue weighted by Crippen LogP contribution is -2.48. The molecule has 2 aromatic carbocycles. The number of nitrogens with one attached hydrogen (secondary N) is 3. The third-order valence-corrected chi connectivity index (χ3v) is 7.35. The molecule has 10 nitrogen and oxygen atoms in total. The van der Waals surface area contributed by atoms with Gasteiger partial charge < -0.3 is 20.1 Å². The number of imidazole rings is 1. The first-order valence-electron chi connectivity index (χ1n) is 13.2. The molecule has 7 rings (SSSR count). The number of carbonyl (C=O) groups is 1. The minimum Gasteiger partial charge on any atom is -0.337 e. The summed E-state index contributed by atoms with van der Waals surface area (Å²) in [4.78, 5) is 34.2. The zero-order valence-corrected chi connectivity index (χ0v) is 21.9. The highest BCUT2D eigenvalue weighted by Gasteiger charge is 2.20. The normalized spacial score (nSPS) is 14.2. The van der Waals surface area contributed by atoms with Crippen LogP contribution in [0, 0.1) is 0 Å². The molecule has 0 radical (unpaired) electrons. The quantitative estimate of drug-likeness (QED) is 0.295. The summed E-state index contributed by atoms with van der Waals surface area (Å²) in [5, 5.41) is 11.4. The van der Waals surface area contributed by atoms with Crippen LogP contribution in [0.15, 0.2) is 79.3 Å². The van der Waals surface area contributed by atoms with Crippen molar-refractivity contribution in [2.24, 2.45) is 0 Å². The van der Waals surface area contributed by atoms with Crippen LogP contribution in [0.25, 0.3) is 55.8 Å². The first-order valence-corrected chi connectivity index (χ1v) is 13.2. The summed E-state index contributed by atoms with van der Waals surface area (Å²) in [6, 6.07) is 20.2. The Morgan fingerprint density at radius 1 is 0.900 bits per heavy atom. The third-order valence-electron chi connectivity index (χ3n) is 7.35. The molecule has 0 spiro atoms. The van der Waals surface area contributed by atoms with E-state index < -0.39 is 0 Å². The number of pyridine rings is 2. The number of rotatable bonds is 4. The zero-order chi connectivity index (χ0) is 27.1. The number of H-pyrrole nitrogens is 2. The molecule has 1 fully saturated rings. The number of para-hydroxylation sites is 1. The summed E-state index contributed by atoms with van der Waals surface area (Å²) in [7, 11) is 2.06. The SMILES string of the molecule is CN1CCN(C(=O)Nc2cncc(-c3cnc4[nH]nc(-c5nc6c(-c7ccccc7)cccc6[nH]5)c4c3)c2)CC1. The highest BCUT2D eigenvalue weighted by molar-refractivity contribution is 5.97. The molecule has 0 aliphatic carbocycles. The lowest BCUT2D eigenvalue weighted by atomic mass is 10.0. The van der Waals surface area contributed by atoms with Crippen molar-refractivity contribution in [1.29, 1.82) is 0 Å². The number of urea groups is 1. The van der Waals surface area contributed by atoms with Crippen molar-refractivity contribution in [3.8, 4) is 33.8 Å². The maximum Gasteiger partial charge on any atom is 0.321 e. The molecule has 3 N–H and O–H groups in total. The summed E-state index contributed by atoms with van der Waals surface area (Å²) in [6.45, 7) is 3.13. The van der Waals surface area contributed by atoms with Gasteiger partial charge in [0.25, 0.3) is 0 Å². The molecule has 0 saturated carbocycles. The van der Waals surface area contributed by atoms with Crippen molar-refractivity contribution in [1.82, 2.24) is 39.9 Å². The first kappa shape index (κ1) is 24.0. The van der Waals surface area contributed by atoms with Crippen molar-refractivity contribution in [3.63, 3.8) is 0 Å². The van der Waals surface area contributed by atoms with Gasteiger partial charge in [0, 0.05) is 55.3 Å². The van der Waals surface area contributed by atoms with Gasteiger partial charge in [-0.1, -0.05) is 42.5 Å². The van der Waals surface area contributed by atoms with E-state index in [2.05, 4.69) is 60.6 Å². The standard InChI is InChI=1S/C30H27N9O/c1-38-10-12-39(13-11-38)30(40)33-22-14-20(16-31-18-22)21-15-24-27(36-37-28(24)32-17-21)29-34-25-9-5-8-23(26(25)35-29)19-6-3-2-4-7-19/h2-9,14-18H,10-13H2,1H3,(H,33,40)(H,34,35)(H,32,36,37). The molecule has 5 heterocycles. The summed E-state index contributed by atoms with van der Waals surface area (Å²) < 4.78 is 0. The number of aromatic amines is 2. The van der Waals surface area contributed by atoms with Gasteiger partial charge >= 0.3 is 6.03 Å². The molecular formula is C30H27N9O. The number of anilines is 1. The monoisotopic (exact) mass is 529 g/mol. The Morgan fingerprint density at radius 3 is 2.58 bits per heavy atom. The van der Waals surface area contributed by atoms with E-state index in [0.29, 0.717) is 35.9 Å². The van der Waals surface area contributed by atoms with Crippen LogP contribution in [0.3, 0.4) is 0 Å². The molecular weight excluding hydrogens is 502 g/mol. The predicted octanol–water partition coefficient (Wildman–Crippen LogP) is 5.01.